The normalized spacial score (nSPS) is 21.1. The van der Waals surface area contributed by atoms with Gasteiger partial charge in [0.25, 0.3) is 0 Å². The van der Waals surface area contributed by atoms with Crippen molar-refractivity contribution >= 4 is 11.7 Å². The molecule has 1 aliphatic heterocycles. The maximum Gasteiger partial charge on any atom is 0.225 e. The number of carbonyl (C=O) groups is 2. The van der Waals surface area contributed by atoms with Crippen LogP contribution in [0, 0.1) is 5.92 Å². The molecule has 0 aromatic carbocycles. The van der Waals surface area contributed by atoms with Crippen LogP contribution >= 0.6 is 0 Å². The molecule has 86 valence electrons. The van der Waals surface area contributed by atoms with Crippen LogP contribution in [-0.4, -0.2) is 29.7 Å². The summed E-state index contributed by atoms with van der Waals surface area (Å²) in [6.45, 7) is 5.43. The molecule has 15 heavy (non-hydrogen) atoms. The zero-order valence-electron chi connectivity index (χ0n) is 9.79. The molecule has 3 nitrogen and oxygen atoms in total. The summed E-state index contributed by atoms with van der Waals surface area (Å²) in [7, 11) is 0. The molecular formula is C12H21NO2. The maximum absolute atomic E-state index is 11.5. The maximum atomic E-state index is 11.5. The van der Waals surface area contributed by atoms with Crippen molar-refractivity contribution in [2.24, 2.45) is 5.92 Å². The first-order chi connectivity index (χ1) is 7.11. The molecule has 0 spiro atoms. The molecule has 1 atom stereocenters. The van der Waals surface area contributed by atoms with Gasteiger partial charge in [0.2, 0.25) is 5.91 Å². The monoisotopic (exact) mass is 211 g/mol. The van der Waals surface area contributed by atoms with E-state index in [-0.39, 0.29) is 11.7 Å². The van der Waals surface area contributed by atoms with Gasteiger partial charge in [-0.25, -0.2) is 0 Å². The third kappa shape index (κ3) is 4.02. The van der Waals surface area contributed by atoms with E-state index in [2.05, 4.69) is 0 Å². The van der Waals surface area contributed by atoms with E-state index in [1.807, 2.05) is 11.8 Å². The van der Waals surface area contributed by atoms with E-state index in [0.29, 0.717) is 12.3 Å². The summed E-state index contributed by atoms with van der Waals surface area (Å²) >= 11 is 0. The number of rotatable bonds is 6. The second-order valence-corrected chi connectivity index (χ2v) is 4.53. The van der Waals surface area contributed by atoms with Gasteiger partial charge in [-0.2, -0.15) is 0 Å². The van der Waals surface area contributed by atoms with Crippen LogP contribution in [0.15, 0.2) is 0 Å². The Morgan fingerprint density at radius 3 is 2.67 bits per heavy atom. The van der Waals surface area contributed by atoms with E-state index in [1.54, 1.807) is 6.92 Å². The lowest BCUT2D eigenvalue weighted by Gasteiger charge is -2.15. The second-order valence-electron chi connectivity index (χ2n) is 4.53. The average Bonchev–Trinajstić information content (AvgIpc) is 2.48. The molecule has 1 rings (SSSR count). The van der Waals surface area contributed by atoms with Crippen LogP contribution in [0.2, 0.25) is 0 Å². The standard InChI is InChI=1S/C12H21NO2/c1-10-7-9-13(12(10)15)8-5-3-4-6-11(2)14/h10H,3-9H2,1-2H3. The van der Waals surface area contributed by atoms with Crippen molar-refractivity contribution in [1.29, 1.82) is 0 Å². The summed E-state index contributed by atoms with van der Waals surface area (Å²) in [6, 6.07) is 0. The highest BCUT2D eigenvalue weighted by Gasteiger charge is 2.26. The smallest absolute Gasteiger partial charge is 0.225 e. The molecule has 0 aromatic heterocycles. The first kappa shape index (κ1) is 12.2. The molecule has 1 heterocycles. The number of nitrogens with zero attached hydrogens (tertiary/aromatic N) is 1. The summed E-state index contributed by atoms with van der Waals surface area (Å²) in [6.07, 6.45) is 4.74. The van der Waals surface area contributed by atoms with Gasteiger partial charge in [-0.05, 0) is 26.2 Å². The average molecular weight is 211 g/mol. The van der Waals surface area contributed by atoms with E-state index in [9.17, 15) is 9.59 Å². The summed E-state index contributed by atoms with van der Waals surface area (Å²) in [5.41, 5.74) is 0. The molecule has 0 aliphatic carbocycles. The van der Waals surface area contributed by atoms with Gasteiger partial charge in [-0.15, -0.1) is 0 Å². The molecule has 0 saturated carbocycles. The Hall–Kier alpha value is -0.860. The third-order valence-electron chi connectivity index (χ3n) is 3.02. The molecule has 1 amide bonds. The minimum Gasteiger partial charge on any atom is -0.342 e. The Labute approximate surface area is 91.8 Å². The largest absolute Gasteiger partial charge is 0.342 e. The van der Waals surface area contributed by atoms with Crippen LogP contribution < -0.4 is 0 Å². The van der Waals surface area contributed by atoms with Gasteiger partial charge in [0, 0.05) is 25.4 Å². The predicted molar refractivity (Wildman–Crippen MR) is 59.5 cm³/mol. The minimum atomic E-state index is 0.224. The molecule has 1 unspecified atom stereocenters. The van der Waals surface area contributed by atoms with Crippen LogP contribution in [0.4, 0.5) is 0 Å². The molecule has 0 N–H and O–H groups in total. The van der Waals surface area contributed by atoms with E-state index in [0.717, 1.165) is 38.8 Å². The van der Waals surface area contributed by atoms with Gasteiger partial charge < -0.3 is 9.69 Å². The van der Waals surface area contributed by atoms with Crippen LogP contribution in [0.3, 0.4) is 0 Å². The summed E-state index contributed by atoms with van der Waals surface area (Å²) < 4.78 is 0. The predicted octanol–water partition coefficient (Wildman–Crippen LogP) is 2.00. The molecule has 0 aromatic rings. The Balaban J connectivity index is 2.06. The van der Waals surface area contributed by atoms with Crippen LogP contribution in [0.5, 0.6) is 0 Å². The van der Waals surface area contributed by atoms with Crippen molar-refractivity contribution in [2.45, 2.75) is 46.0 Å². The van der Waals surface area contributed by atoms with E-state index < -0.39 is 0 Å². The van der Waals surface area contributed by atoms with Crippen molar-refractivity contribution in [3.8, 4) is 0 Å². The lowest BCUT2D eigenvalue weighted by molar-refractivity contribution is -0.130. The van der Waals surface area contributed by atoms with Gasteiger partial charge in [-0.3, -0.25) is 4.79 Å². The number of unbranched alkanes of at least 4 members (excludes halogenated alkanes) is 2. The second kappa shape index (κ2) is 5.89. The highest BCUT2D eigenvalue weighted by Crippen LogP contribution is 2.17. The van der Waals surface area contributed by atoms with Gasteiger partial charge in [0.15, 0.2) is 0 Å². The Kier molecular flexibility index (Phi) is 4.79. The fourth-order valence-electron chi connectivity index (χ4n) is 1.97. The molecule has 0 radical (unpaired) electrons. The van der Waals surface area contributed by atoms with Gasteiger partial charge >= 0.3 is 0 Å². The van der Waals surface area contributed by atoms with Crippen molar-refractivity contribution < 1.29 is 9.59 Å². The molecule has 1 fully saturated rings. The van der Waals surface area contributed by atoms with Crippen molar-refractivity contribution in [3.63, 3.8) is 0 Å². The Morgan fingerprint density at radius 2 is 2.13 bits per heavy atom. The van der Waals surface area contributed by atoms with Crippen LogP contribution in [0.1, 0.15) is 46.0 Å². The topological polar surface area (TPSA) is 37.4 Å². The number of Topliss-reactive ketones (excluding diaryl/α,β-unsaturated/α-hetero) is 1. The Bertz CT molecular complexity index is 238. The Morgan fingerprint density at radius 1 is 1.40 bits per heavy atom. The number of likely N-dealkylation sites (tertiary alicyclic amines) is 1. The minimum absolute atomic E-state index is 0.224. The number of hydrogen-bond acceptors (Lipinski definition) is 2. The van der Waals surface area contributed by atoms with Gasteiger partial charge in [0.05, 0.1) is 0 Å². The zero-order chi connectivity index (χ0) is 11.3. The lowest BCUT2D eigenvalue weighted by atomic mass is 10.1. The highest BCUT2D eigenvalue weighted by atomic mass is 16.2. The molecular weight excluding hydrogens is 190 g/mol. The van der Waals surface area contributed by atoms with E-state index >= 15 is 0 Å². The van der Waals surface area contributed by atoms with E-state index in [1.165, 1.54) is 0 Å². The summed E-state index contributed by atoms with van der Waals surface area (Å²) in [5, 5.41) is 0. The molecule has 1 saturated heterocycles. The quantitative estimate of drug-likeness (QED) is 0.630. The van der Waals surface area contributed by atoms with Crippen molar-refractivity contribution in [2.75, 3.05) is 13.1 Å². The SMILES string of the molecule is CC(=O)CCCCCN1CCC(C)C1=O. The first-order valence-corrected chi connectivity index (χ1v) is 5.89. The lowest BCUT2D eigenvalue weighted by Crippen LogP contribution is -2.27. The first-order valence-electron chi connectivity index (χ1n) is 5.89. The van der Waals surface area contributed by atoms with Crippen LogP contribution in [0.25, 0.3) is 0 Å². The van der Waals surface area contributed by atoms with Gasteiger partial charge in [-0.1, -0.05) is 13.3 Å². The fraction of sp³-hybridized carbons (Fsp3) is 0.833. The molecule has 0 bridgehead atoms. The van der Waals surface area contributed by atoms with E-state index in [4.69, 9.17) is 0 Å². The van der Waals surface area contributed by atoms with Crippen LogP contribution in [-0.2, 0) is 9.59 Å². The zero-order valence-corrected chi connectivity index (χ0v) is 9.79. The highest BCUT2D eigenvalue weighted by molar-refractivity contribution is 5.80. The van der Waals surface area contributed by atoms with Crippen molar-refractivity contribution in [3.05, 3.63) is 0 Å². The summed E-state index contributed by atoms with van der Waals surface area (Å²) in [5.74, 6) is 0.796. The number of ketones is 1. The molecule has 1 aliphatic rings. The van der Waals surface area contributed by atoms with Gasteiger partial charge in [0.1, 0.15) is 5.78 Å². The van der Waals surface area contributed by atoms with Crippen molar-refractivity contribution in [1.82, 2.24) is 4.90 Å². The number of carbonyl (C=O) groups excluding carboxylic acids is 2. The fourth-order valence-corrected chi connectivity index (χ4v) is 1.97. The third-order valence-corrected chi connectivity index (χ3v) is 3.02. The number of amides is 1. The number of hydrogen-bond donors (Lipinski definition) is 0. The molecule has 3 heteroatoms. The summed E-state index contributed by atoms with van der Waals surface area (Å²) in [4.78, 5) is 24.2.